The van der Waals surface area contributed by atoms with Crippen molar-refractivity contribution >= 4 is 11.3 Å². The first-order valence-electron chi connectivity index (χ1n) is 4.92. The third-order valence-corrected chi connectivity index (χ3v) is 3.97. The molecule has 1 N–H and O–H groups in total. The summed E-state index contributed by atoms with van der Waals surface area (Å²) in [5, 5.41) is 12.3. The second kappa shape index (κ2) is 3.33. The molecule has 78 valence electrons. The Bertz CT molecular complexity index is 334. The van der Waals surface area contributed by atoms with Crippen molar-refractivity contribution in [3.63, 3.8) is 0 Å². The van der Waals surface area contributed by atoms with Crippen molar-refractivity contribution < 1.29 is 5.11 Å². The first-order valence-corrected chi connectivity index (χ1v) is 5.80. The molecule has 2 rings (SSSR count). The van der Waals surface area contributed by atoms with E-state index in [0.717, 1.165) is 13.0 Å². The highest BCUT2D eigenvalue weighted by Gasteiger charge is 2.42. The number of thiophene rings is 1. The summed E-state index contributed by atoms with van der Waals surface area (Å²) in [5.41, 5.74) is 1.35. The van der Waals surface area contributed by atoms with Crippen LogP contribution in [0.4, 0.5) is 0 Å². The zero-order valence-electron chi connectivity index (χ0n) is 8.95. The van der Waals surface area contributed by atoms with Crippen LogP contribution in [0.5, 0.6) is 0 Å². The van der Waals surface area contributed by atoms with Crippen LogP contribution in [0.25, 0.3) is 0 Å². The Balaban J connectivity index is 2.23. The molecule has 0 aliphatic heterocycles. The van der Waals surface area contributed by atoms with Gasteiger partial charge in [0.25, 0.3) is 0 Å². The monoisotopic (exact) mass is 211 g/mol. The second-order valence-corrected chi connectivity index (χ2v) is 5.73. The standard InChI is InChI=1S/C11H17NOS/c1-11(7-12(2)3)6-8-4-5-14-9(8)10(11)13/h4-5,10,13H,6-7H2,1-3H3/t10-,11+/m1/s1. The first kappa shape index (κ1) is 10.1. The van der Waals surface area contributed by atoms with E-state index in [1.807, 2.05) is 0 Å². The Morgan fingerprint density at radius 2 is 2.36 bits per heavy atom. The van der Waals surface area contributed by atoms with Gasteiger partial charge in [0.05, 0.1) is 6.10 Å². The second-order valence-electron chi connectivity index (χ2n) is 4.78. The fourth-order valence-electron chi connectivity index (χ4n) is 2.45. The summed E-state index contributed by atoms with van der Waals surface area (Å²) in [6.45, 7) is 3.11. The van der Waals surface area contributed by atoms with E-state index in [1.165, 1.54) is 10.4 Å². The van der Waals surface area contributed by atoms with Crippen LogP contribution in [0.15, 0.2) is 11.4 Å². The number of aliphatic hydroxyl groups is 1. The Morgan fingerprint density at radius 3 is 2.93 bits per heavy atom. The number of fused-ring (bicyclic) bond motifs is 1. The highest BCUT2D eigenvalue weighted by Crippen LogP contribution is 2.47. The average molecular weight is 211 g/mol. The summed E-state index contributed by atoms with van der Waals surface area (Å²) in [4.78, 5) is 3.33. The number of nitrogens with zero attached hydrogens (tertiary/aromatic N) is 1. The van der Waals surface area contributed by atoms with Crippen molar-refractivity contribution in [3.05, 3.63) is 21.9 Å². The molecule has 0 amide bonds. The van der Waals surface area contributed by atoms with Crippen LogP contribution >= 0.6 is 11.3 Å². The summed E-state index contributed by atoms with van der Waals surface area (Å²) in [5.74, 6) is 0. The SMILES string of the molecule is CN(C)C[C@]1(C)Cc2ccsc2[C@H]1O. The maximum absolute atomic E-state index is 10.2. The predicted molar refractivity (Wildman–Crippen MR) is 59.6 cm³/mol. The Morgan fingerprint density at radius 1 is 1.64 bits per heavy atom. The Hall–Kier alpha value is -0.380. The molecule has 0 saturated heterocycles. The highest BCUT2D eigenvalue weighted by atomic mass is 32.1. The molecule has 0 spiro atoms. The topological polar surface area (TPSA) is 23.5 Å². The number of rotatable bonds is 2. The molecule has 0 bridgehead atoms. The molecule has 1 aromatic heterocycles. The van der Waals surface area contributed by atoms with E-state index in [2.05, 4.69) is 37.4 Å². The van der Waals surface area contributed by atoms with Crippen LogP contribution in [-0.2, 0) is 6.42 Å². The molecule has 0 aromatic carbocycles. The van der Waals surface area contributed by atoms with Gasteiger partial charge in [0, 0.05) is 16.8 Å². The van der Waals surface area contributed by atoms with Crippen LogP contribution in [0.1, 0.15) is 23.5 Å². The van der Waals surface area contributed by atoms with Crippen molar-refractivity contribution in [2.75, 3.05) is 20.6 Å². The Kier molecular flexibility index (Phi) is 2.41. The minimum absolute atomic E-state index is 0.00588. The number of hydrogen-bond acceptors (Lipinski definition) is 3. The van der Waals surface area contributed by atoms with Crippen molar-refractivity contribution in [1.29, 1.82) is 0 Å². The third-order valence-electron chi connectivity index (χ3n) is 2.96. The Labute approximate surface area is 89.2 Å². The van der Waals surface area contributed by atoms with Gasteiger partial charge in [-0.1, -0.05) is 6.92 Å². The van der Waals surface area contributed by atoms with Gasteiger partial charge in [-0.05, 0) is 37.5 Å². The molecule has 0 unspecified atom stereocenters. The molecule has 0 saturated carbocycles. The van der Waals surface area contributed by atoms with Crippen molar-refractivity contribution in [1.82, 2.24) is 4.90 Å². The fourth-order valence-corrected chi connectivity index (χ4v) is 3.53. The minimum Gasteiger partial charge on any atom is -0.387 e. The van der Waals surface area contributed by atoms with Gasteiger partial charge in [-0.15, -0.1) is 11.3 Å². The van der Waals surface area contributed by atoms with Crippen molar-refractivity contribution in [2.24, 2.45) is 5.41 Å². The molecule has 1 heterocycles. The lowest BCUT2D eigenvalue weighted by molar-refractivity contribution is 0.0351. The molecule has 1 aromatic rings. The molecule has 0 fully saturated rings. The van der Waals surface area contributed by atoms with E-state index in [4.69, 9.17) is 0 Å². The molecular weight excluding hydrogens is 194 g/mol. The van der Waals surface area contributed by atoms with Gasteiger partial charge in [0.1, 0.15) is 0 Å². The summed E-state index contributed by atoms with van der Waals surface area (Å²) in [7, 11) is 4.12. The quantitative estimate of drug-likeness (QED) is 0.807. The van der Waals surface area contributed by atoms with E-state index in [0.29, 0.717) is 0 Å². The fraction of sp³-hybridized carbons (Fsp3) is 0.636. The van der Waals surface area contributed by atoms with Gasteiger partial charge in [-0.2, -0.15) is 0 Å². The molecule has 3 heteroatoms. The normalized spacial score (nSPS) is 31.1. The van der Waals surface area contributed by atoms with E-state index in [-0.39, 0.29) is 11.5 Å². The maximum Gasteiger partial charge on any atom is 0.0953 e. The lowest BCUT2D eigenvalue weighted by Gasteiger charge is -2.31. The van der Waals surface area contributed by atoms with Crippen LogP contribution in [0.3, 0.4) is 0 Å². The molecule has 0 radical (unpaired) electrons. The van der Waals surface area contributed by atoms with Crippen LogP contribution in [-0.4, -0.2) is 30.6 Å². The summed E-state index contributed by atoms with van der Waals surface area (Å²) < 4.78 is 0. The lowest BCUT2D eigenvalue weighted by atomic mass is 9.85. The average Bonchev–Trinajstić information content (AvgIpc) is 2.55. The molecule has 1 aliphatic carbocycles. The molecule has 1 aliphatic rings. The zero-order valence-corrected chi connectivity index (χ0v) is 9.77. The predicted octanol–water partition coefficient (Wildman–Crippen LogP) is 1.91. The van der Waals surface area contributed by atoms with Gasteiger partial charge < -0.3 is 10.0 Å². The smallest absolute Gasteiger partial charge is 0.0953 e. The summed E-state index contributed by atoms with van der Waals surface area (Å²) in [6, 6.07) is 2.14. The summed E-state index contributed by atoms with van der Waals surface area (Å²) in [6.07, 6.45) is 0.727. The zero-order chi connectivity index (χ0) is 10.3. The number of aliphatic hydroxyl groups excluding tert-OH is 1. The largest absolute Gasteiger partial charge is 0.387 e. The van der Waals surface area contributed by atoms with Gasteiger partial charge in [-0.25, -0.2) is 0 Å². The van der Waals surface area contributed by atoms with Crippen LogP contribution in [0, 0.1) is 5.41 Å². The van der Waals surface area contributed by atoms with E-state index in [1.54, 1.807) is 11.3 Å². The van der Waals surface area contributed by atoms with Crippen molar-refractivity contribution in [2.45, 2.75) is 19.4 Å². The van der Waals surface area contributed by atoms with Gasteiger partial charge in [0.15, 0.2) is 0 Å². The van der Waals surface area contributed by atoms with Gasteiger partial charge in [0.2, 0.25) is 0 Å². The van der Waals surface area contributed by atoms with E-state index in [9.17, 15) is 5.11 Å². The van der Waals surface area contributed by atoms with Crippen LogP contribution < -0.4 is 0 Å². The van der Waals surface area contributed by atoms with Crippen LogP contribution in [0.2, 0.25) is 0 Å². The highest BCUT2D eigenvalue weighted by molar-refractivity contribution is 7.10. The van der Waals surface area contributed by atoms with Gasteiger partial charge >= 0.3 is 0 Å². The molecular formula is C11H17NOS. The lowest BCUT2D eigenvalue weighted by Crippen LogP contribution is -2.34. The summed E-state index contributed by atoms with van der Waals surface area (Å²) >= 11 is 1.68. The molecule has 2 atom stereocenters. The third kappa shape index (κ3) is 1.49. The van der Waals surface area contributed by atoms with E-state index >= 15 is 0 Å². The maximum atomic E-state index is 10.2. The molecule has 2 nitrogen and oxygen atoms in total. The van der Waals surface area contributed by atoms with Gasteiger partial charge in [-0.3, -0.25) is 0 Å². The van der Waals surface area contributed by atoms with E-state index < -0.39 is 0 Å². The minimum atomic E-state index is -0.278. The molecule has 14 heavy (non-hydrogen) atoms. The van der Waals surface area contributed by atoms with Crippen molar-refractivity contribution in [3.8, 4) is 0 Å². The first-order chi connectivity index (χ1) is 6.53. The number of hydrogen-bond donors (Lipinski definition) is 1.